The molecule has 5 nitrogen and oxygen atoms in total. The second-order valence-corrected chi connectivity index (χ2v) is 8.54. The summed E-state index contributed by atoms with van der Waals surface area (Å²) in [7, 11) is 1.43. The number of aryl methyl sites for hydroxylation is 1. The molecule has 3 aromatic carbocycles. The largest absolute Gasteiger partial charge is 0.497 e. The predicted octanol–water partition coefficient (Wildman–Crippen LogP) is 5.21. The number of amides is 1. The summed E-state index contributed by atoms with van der Waals surface area (Å²) in [5.41, 5.74) is 7.84. The number of carboxylic acid groups (broad SMARTS) is 1. The van der Waals surface area contributed by atoms with Gasteiger partial charge in [0.15, 0.2) is 0 Å². The number of hydrogen-bond donors (Lipinski definition) is 1. The zero-order chi connectivity index (χ0) is 23.9. The molecule has 1 heterocycles. The molecule has 0 unspecified atom stereocenters. The van der Waals surface area contributed by atoms with Crippen molar-refractivity contribution < 1.29 is 23.8 Å². The standard InChI is InChI=1S/C27H26FNO4/c1-15-5-7-18(8-6-15)26-17(3)24-14-29(13-23(24)16(2)22(26)12-25(30)31)27(32)19-9-20(28)11-21(10-19)33-4/h5-11H,12-14H2,1-4H3,(H,30,31). The van der Waals surface area contributed by atoms with Gasteiger partial charge in [0.1, 0.15) is 11.6 Å². The molecule has 0 aromatic heterocycles. The molecule has 1 amide bonds. The maximum absolute atomic E-state index is 14.0. The molecule has 170 valence electrons. The van der Waals surface area contributed by atoms with E-state index in [1.165, 1.54) is 25.3 Å². The van der Waals surface area contributed by atoms with Crippen LogP contribution in [0.3, 0.4) is 0 Å². The molecule has 0 aliphatic carbocycles. The van der Waals surface area contributed by atoms with Crippen molar-refractivity contribution in [3.63, 3.8) is 0 Å². The summed E-state index contributed by atoms with van der Waals surface area (Å²) in [4.78, 5) is 26.6. The van der Waals surface area contributed by atoms with Crippen molar-refractivity contribution in [2.24, 2.45) is 0 Å². The number of carboxylic acids is 1. The zero-order valence-electron chi connectivity index (χ0n) is 19.2. The minimum absolute atomic E-state index is 0.0990. The molecule has 0 radical (unpaired) electrons. The van der Waals surface area contributed by atoms with Crippen LogP contribution in [0, 0.1) is 26.6 Å². The van der Waals surface area contributed by atoms with Gasteiger partial charge in [-0.05, 0) is 71.8 Å². The number of carbonyl (C=O) groups excluding carboxylic acids is 1. The van der Waals surface area contributed by atoms with E-state index in [1.807, 2.05) is 45.0 Å². The Morgan fingerprint density at radius 1 is 1.00 bits per heavy atom. The Kier molecular flexibility index (Phi) is 5.93. The third kappa shape index (κ3) is 4.21. The molecule has 0 spiro atoms. The van der Waals surface area contributed by atoms with Crippen LogP contribution in [0.1, 0.15) is 43.7 Å². The molecule has 0 fully saturated rings. The van der Waals surface area contributed by atoms with Crippen molar-refractivity contribution in [3.8, 4) is 16.9 Å². The van der Waals surface area contributed by atoms with Crippen LogP contribution in [0.15, 0.2) is 42.5 Å². The number of ether oxygens (including phenoxy) is 1. The highest BCUT2D eigenvalue weighted by Gasteiger charge is 2.31. The molecule has 0 atom stereocenters. The first kappa shape index (κ1) is 22.5. The van der Waals surface area contributed by atoms with Crippen LogP contribution < -0.4 is 4.74 Å². The third-order valence-electron chi connectivity index (χ3n) is 6.41. The fourth-order valence-electron chi connectivity index (χ4n) is 4.68. The van der Waals surface area contributed by atoms with Crippen LogP contribution in [-0.2, 0) is 24.3 Å². The third-order valence-corrected chi connectivity index (χ3v) is 6.41. The van der Waals surface area contributed by atoms with Gasteiger partial charge >= 0.3 is 5.97 Å². The number of aliphatic carboxylic acids is 1. The van der Waals surface area contributed by atoms with E-state index in [0.717, 1.165) is 44.5 Å². The summed E-state index contributed by atoms with van der Waals surface area (Å²) < 4.78 is 19.1. The van der Waals surface area contributed by atoms with Gasteiger partial charge in [-0.3, -0.25) is 9.59 Å². The first-order valence-corrected chi connectivity index (χ1v) is 10.8. The van der Waals surface area contributed by atoms with Gasteiger partial charge in [-0.2, -0.15) is 0 Å². The highest BCUT2D eigenvalue weighted by Crippen LogP contribution is 2.40. The van der Waals surface area contributed by atoms with Crippen molar-refractivity contribution in [3.05, 3.63) is 87.2 Å². The lowest BCUT2D eigenvalue weighted by molar-refractivity contribution is -0.136. The Bertz CT molecular complexity index is 1260. The van der Waals surface area contributed by atoms with Gasteiger partial charge in [-0.25, -0.2) is 4.39 Å². The summed E-state index contributed by atoms with van der Waals surface area (Å²) >= 11 is 0. The normalized spacial score (nSPS) is 12.6. The van der Waals surface area contributed by atoms with Gasteiger partial charge < -0.3 is 14.7 Å². The average Bonchev–Trinajstić information content (AvgIpc) is 3.23. The summed E-state index contributed by atoms with van der Waals surface area (Å²) in [5, 5.41) is 9.60. The molecular formula is C27H26FNO4. The Labute approximate surface area is 192 Å². The number of benzene rings is 3. The van der Waals surface area contributed by atoms with E-state index in [4.69, 9.17) is 4.74 Å². The van der Waals surface area contributed by atoms with E-state index in [9.17, 15) is 19.1 Å². The number of fused-ring (bicyclic) bond motifs is 1. The van der Waals surface area contributed by atoms with Crippen LogP contribution in [-0.4, -0.2) is 29.0 Å². The molecule has 6 heteroatoms. The Balaban J connectivity index is 1.79. The smallest absolute Gasteiger partial charge is 0.307 e. The number of carbonyl (C=O) groups is 2. The lowest BCUT2D eigenvalue weighted by Crippen LogP contribution is -2.25. The van der Waals surface area contributed by atoms with Crippen LogP contribution in [0.25, 0.3) is 11.1 Å². The molecule has 3 aromatic rings. The quantitative estimate of drug-likeness (QED) is 0.583. The number of rotatable bonds is 5. The van der Waals surface area contributed by atoms with Gasteiger partial charge in [0, 0.05) is 24.7 Å². The SMILES string of the molecule is COc1cc(F)cc(C(=O)N2Cc3c(C)c(CC(=O)O)c(-c4ccc(C)cc4)c(C)c3C2)c1. The summed E-state index contributed by atoms with van der Waals surface area (Å²) in [6, 6.07) is 12.0. The summed E-state index contributed by atoms with van der Waals surface area (Å²) in [6.45, 7) is 6.64. The topological polar surface area (TPSA) is 66.8 Å². The van der Waals surface area contributed by atoms with Crippen LogP contribution in [0.2, 0.25) is 0 Å². The van der Waals surface area contributed by atoms with E-state index in [0.29, 0.717) is 13.1 Å². The number of hydrogen-bond acceptors (Lipinski definition) is 3. The first-order valence-electron chi connectivity index (χ1n) is 10.8. The lowest BCUT2D eigenvalue weighted by Gasteiger charge is -2.19. The fraction of sp³-hybridized carbons (Fsp3) is 0.259. The summed E-state index contributed by atoms with van der Waals surface area (Å²) in [6.07, 6.45) is -0.0990. The van der Waals surface area contributed by atoms with Crippen LogP contribution >= 0.6 is 0 Å². The molecule has 0 saturated heterocycles. The summed E-state index contributed by atoms with van der Waals surface area (Å²) in [5.74, 6) is -1.44. The monoisotopic (exact) mass is 447 g/mol. The average molecular weight is 448 g/mol. The van der Waals surface area contributed by atoms with Crippen LogP contribution in [0.5, 0.6) is 5.75 Å². The molecule has 0 bridgehead atoms. The van der Waals surface area contributed by atoms with E-state index in [2.05, 4.69) is 0 Å². The maximum Gasteiger partial charge on any atom is 0.307 e. The second-order valence-electron chi connectivity index (χ2n) is 8.54. The van der Waals surface area contributed by atoms with E-state index < -0.39 is 11.8 Å². The zero-order valence-corrected chi connectivity index (χ0v) is 19.2. The van der Waals surface area contributed by atoms with E-state index in [1.54, 1.807) is 4.90 Å². The maximum atomic E-state index is 14.0. The molecule has 1 aliphatic heterocycles. The molecule has 1 aliphatic rings. The number of nitrogens with zero attached hydrogens (tertiary/aromatic N) is 1. The minimum atomic E-state index is -0.899. The van der Waals surface area contributed by atoms with Crippen molar-refractivity contribution in [2.45, 2.75) is 40.3 Å². The first-order chi connectivity index (χ1) is 15.7. The van der Waals surface area contributed by atoms with E-state index in [-0.39, 0.29) is 23.6 Å². The minimum Gasteiger partial charge on any atom is -0.497 e. The highest BCUT2D eigenvalue weighted by molar-refractivity contribution is 5.95. The second kappa shape index (κ2) is 8.70. The van der Waals surface area contributed by atoms with Gasteiger partial charge in [0.05, 0.1) is 13.5 Å². The Morgan fingerprint density at radius 3 is 2.24 bits per heavy atom. The molecule has 1 N–H and O–H groups in total. The van der Waals surface area contributed by atoms with Crippen LogP contribution in [0.4, 0.5) is 4.39 Å². The van der Waals surface area contributed by atoms with Crippen molar-refractivity contribution >= 4 is 11.9 Å². The highest BCUT2D eigenvalue weighted by atomic mass is 19.1. The van der Waals surface area contributed by atoms with Gasteiger partial charge in [0.2, 0.25) is 0 Å². The van der Waals surface area contributed by atoms with Gasteiger partial charge in [-0.1, -0.05) is 29.8 Å². The lowest BCUT2D eigenvalue weighted by atomic mass is 9.84. The van der Waals surface area contributed by atoms with Crippen molar-refractivity contribution in [2.75, 3.05) is 7.11 Å². The molecule has 33 heavy (non-hydrogen) atoms. The number of halogens is 1. The van der Waals surface area contributed by atoms with Crippen molar-refractivity contribution in [1.29, 1.82) is 0 Å². The van der Waals surface area contributed by atoms with Crippen molar-refractivity contribution in [1.82, 2.24) is 4.90 Å². The Morgan fingerprint density at radius 2 is 1.64 bits per heavy atom. The fourth-order valence-corrected chi connectivity index (χ4v) is 4.68. The predicted molar refractivity (Wildman–Crippen MR) is 124 cm³/mol. The molecule has 0 saturated carbocycles. The Hall–Kier alpha value is -3.67. The number of methoxy groups -OCH3 is 1. The van der Waals surface area contributed by atoms with Gasteiger partial charge in [-0.15, -0.1) is 0 Å². The van der Waals surface area contributed by atoms with E-state index >= 15 is 0 Å². The molecular weight excluding hydrogens is 421 g/mol. The van der Waals surface area contributed by atoms with Gasteiger partial charge in [0.25, 0.3) is 5.91 Å². The molecule has 4 rings (SSSR count).